The van der Waals surface area contributed by atoms with Gasteiger partial charge in [0.2, 0.25) is 5.95 Å². The number of nitrogen functional groups attached to an aromatic ring is 1. The van der Waals surface area contributed by atoms with Crippen molar-refractivity contribution in [3.05, 3.63) is 30.2 Å². The van der Waals surface area contributed by atoms with E-state index in [0.717, 1.165) is 10.9 Å². The molecule has 0 atom stereocenters. The summed E-state index contributed by atoms with van der Waals surface area (Å²) < 4.78 is 1.78. The summed E-state index contributed by atoms with van der Waals surface area (Å²) in [6, 6.07) is 1.81. The summed E-state index contributed by atoms with van der Waals surface area (Å²) >= 11 is 0. The van der Waals surface area contributed by atoms with E-state index >= 15 is 0 Å². The molecule has 0 saturated carbocycles. The number of nitrogens with one attached hydrogen (secondary N) is 1. The van der Waals surface area contributed by atoms with E-state index in [1.165, 1.54) is 0 Å². The minimum Gasteiger partial charge on any atom is -0.392 e. The number of anilines is 1. The number of fused-ring (bicyclic) bond motifs is 1. The maximum atomic E-state index is 9.04. The monoisotopic (exact) mass is 230 g/mol. The van der Waals surface area contributed by atoms with Gasteiger partial charge in [-0.15, -0.1) is 0 Å². The third kappa shape index (κ3) is 1.53. The molecular formula is C10H10N6O. The third-order valence-electron chi connectivity index (χ3n) is 2.49. The average molecular weight is 230 g/mol. The highest BCUT2D eigenvalue weighted by Gasteiger charge is 2.09. The highest BCUT2D eigenvalue weighted by atomic mass is 16.3. The SMILES string of the molecule is Nc1nc(-n2ccc(CO)c2)c2cn[nH]c2n1. The summed E-state index contributed by atoms with van der Waals surface area (Å²) in [4.78, 5) is 8.21. The van der Waals surface area contributed by atoms with Gasteiger partial charge in [0.25, 0.3) is 0 Å². The van der Waals surface area contributed by atoms with Crippen LogP contribution in [0.25, 0.3) is 16.9 Å². The van der Waals surface area contributed by atoms with Crippen molar-refractivity contribution >= 4 is 17.0 Å². The number of aliphatic hydroxyl groups excluding tert-OH is 1. The number of rotatable bonds is 2. The minimum atomic E-state index is -0.0118. The van der Waals surface area contributed by atoms with Crippen molar-refractivity contribution in [3.63, 3.8) is 0 Å². The molecule has 0 aliphatic carbocycles. The van der Waals surface area contributed by atoms with Gasteiger partial charge in [0, 0.05) is 12.4 Å². The first-order valence-electron chi connectivity index (χ1n) is 5.02. The lowest BCUT2D eigenvalue weighted by Gasteiger charge is -2.03. The standard InChI is InChI=1S/C10H10N6O/c11-10-13-8-7(3-12-15-8)9(14-10)16-2-1-6(4-16)5-17/h1-4,17H,5H2,(H3,11,12,13,14,15). The van der Waals surface area contributed by atoms with Gasteiger partial charge in [-0.2, -0.15) is 15.1 Å². The Balaban J connectivity index is 2.24. The Morgan fingerprint density at radius 2 is 2.29 bits per heavy atom. The van der Waals surface area contributed by atoms with Gasteiger partial charge in [0.1, 0.15) is 0 Å². The summed E-state index contributed by atoms with van der Waals surface area (Å²) in [5.41, 5.74) is 7.02. The van der Waals surface area contributed by atoms with E-state index < -0.39 is 0 Å². The first kappa shape index (κ1) is 9.79. The number of aromatic nitrogens is 5. The lowest BCUT2D eigenvalue weighted by Crippen LogP contribution is -2.02. The Hall–Kier alpha value is -2.41. The number of nitrogens with zero attached hydrogens (tertiary/aromatic N) is 4. The molecular weight excluding hydrogens is 220 g/mol. The second-order valence-electron chi connectivity index (χ2n) is 3.62. The fourth-order valence-corrected chi connectivity index (χ4v) is 1.70. The van der Waals surface area contributed by atoms with Gasteiger partial charge in [0.05, 0.1) is 18.2 Å². The maximum absolute atomic E-state index is 9.04. The minimum absolute atomic E-state index is 0.0118. The summed E-state index contributed by atoms with van der Waals surface area (Å²) in [6.45, 7) is -0.0118. The molecule has 0 amide bonds. The van der Waals surface area contributed by atoms with Crippen LogP contribution < -0.4 is 5.73 Å². The molecule has 0 fully saturated rings. The Bertz CT molecular complexity index is 670. The van der Waals surface area contributed by atoms with Crippen LogP contribution in [0.3, 0.4) is 0 Å². The van der Waals surface area contributed by atoms with E-state index in [1.54, 1.807) is 23.2 Å². The van der Waals surface area contributed by atoms with Crippen molar-refractivity contribution in [3.8, 4) is 5.82 Å². The van der Waals surface area contributed by atoms with Crippen molar-refractivity contribution in [1.29, 1.82) is 0 Å². The predicted octanol–water partition coefficient (Wildman–Crippen LogP) is 0.218. The van der Waals surface area contributed by atoms with Crippen molar-refractivity contribution in [1.82, 2.24) is 24.7 Å². The van der Waals surface area contributed by atoms with Gasteiger partial charge < -0.3 is 15.4 Å². The van der Waals surface area contributed by atoms with E-state index in [9.17, 15) is 0 Å². The molecule has 0 spiro atoms. The molecule has 3 aromatic heterocycles. The van der Waals surface area contributed by atoms with Gasteiger partial charge >= 0.3 is 0 Å². The average Bonchev–Trinajstić information content (AvgIpc) is 2.95. The van der Waals surface area contributed by atoms with Crippen LogP contribution in [0.15, 0.2) is 24.7 Å². The smallest absolute Gasteiger partial charge is 0.224 e. The molecule has 86 valence electrons. The molecule has 0 aliphatic heterocycles. The molecule has 0 saturated heterocycles. The predicted molar refractivity (Wildman–Crippen MR) is 61.3 cm³/mol. The van der Waals surface area contributed by atoms with Crippen molar-refractivity contribution < 1.29 is 5.11 Å². The van der Waals surface area contributed by atoms with Crippen molar-refractivity contribution in [2.75, 3.05) is 5.73 Å². The Morgan fingerprint density at radius 1 is 1.41 bits per heavy atom. The van der Waals surface area contributed by atoms with Crippen LogP contribution in [0.5, 0.6) is 0 Å². The Morgan fingerprint density at radius 3 is 3.06 bits per heavy atom. The second kappa shape index (κ2) is 3.56. The van der Waals surface area contributed by atoms with E-state index in [-0.39, 0.29) is 12.6 Å². The van der Waals surface area contributed by atoms with E-state index in [4.69, 9.17) is 10.8 Å². The molecule has 0 bridgehead atoms. The zero-order valence-electron chi connectivity index (χ0n) is 8.83. The number of hydrogen-bond donors (Lipinski definition) is 3. The fraction of sp³-hybridized carbons (Fsp3) is 0.100. The van der Waals surface area contributed by atoms with Gasteiger partial charge in [0.15, 0.2) is 11.5 Å². The topological polar surface area (TPSA) is 106 Å². The molecule has 0 unspecified atom stereocenters. The van der Waals surface area contributed by atoms with Crippen molar-refractivity contribution in [2.45, 2.75) is 6.61 Å². The molecule has 3 aromatic rings. The number of aliphatic hydroxyl groups is 1. The van der Waals surface area contributed by atoms with E-state index in [1.807, 2.05) is 6.07 Å². The molecule has 3 rings (SSSR count). The summed E-state index contributed by atoms with van der Waals surface area (Å²) in [5.74, 6) is 0.817. The van der Waals surface area contributed by atoms with Crippen LogP contribution in [-0.2, 0) is 6.61 Å². The number of aromatic amines is 1. The maximum Gasteiger partial charge on any atom is 0.224 e. The van der Waals surface area contributed by atoms with Crippen LogP contribution in [0, 0.1) is 0 Å². The molecule has 0 aromatic carbocycles. The van der Waals surface area contributed by atoms with E-state index in [2.05, 4.69) is 20.2 Å². The highest BCUT2D eigenvalue weighted by Crippen LogP contribution is 2.19. The third-order valence-corrected chi connectivity index (χ3v) is 2.49. The largest absolute Gasteiger partial charge is 0.392 e. The van der Waals surface area contributed by atoms with E-state index in [0.29, 0.717) is 11.5 Å². The summed E-state index contributed by atoms with van der Waals surface area (Å²) in [7, 11) is 0. The number of nitrogens with two attached hydrogens (primary N) is 1. The second-order valence-corrected chi connectivity index (χ2v) is 3.62. The molecule has 0 aliphatic rings. The first-order chi connectivity index (χ1) is 8.28. The summed E-state index contributed by atoms with van der Waals surface area (Å²) in [6.07, 6.45) is 5.23. The van der Waals surface area contributed by atoms with Gasteiger partial charge in [-0.25, -0.2) is 0 Å². The Kier molecular flexibility index (Phi) is 2.05. The molecule has 17 heavy (non-hydrogen) atoms. The highest BCUT2D eigenvalue weighted by molar-refractivity contribution is 5.82. The van der Waals surface area contributed by atoms with Crippen LogP contribution in [0.2, 0.25) is 0 Å². The molecule has 7 heteroatoms. The lowest BCUT2D eigenvalue weighted by atomic mass is 10.4. The van der Waals surface area contributed by atoms with Crippen LogP contribution in [0.1, 0.15) is 5.56 Å². The number of H-pyrrole nitrogens is 1. The zero-order valence-corrected chi connectivity index (χ0v) is 8.83. The number of hydrogen-bond acceptors (Lipinski definition) is 5. The first-order valence-corrected chi connectivity index (χ1v) is 5.02. The van der Waals surface area contributed by atoms with Gasteiger partial charge in [-0.05, 0) is 11.6 Å². The Labute approximate surface area is 95.9 Å². The van der Waals surface area contributed by atoms with Crippen molar-refractivity contribution in [2.24, 2.45) is 0 Å². The van der Waals surface area contributed by atoms with Crippen LogP contribution >= 0.6 is 0 Å². The molecule has 4 N–H and O–H groups in total. The van der Waals surface area contributed by atoms with Gasteiger partial charge in [-0.3, -0.25) is 5.10 Å². The quantitative estimate of drug-likeness (QED) is 0.584. The van der Waals surface area contributed by atoms with Gasteiger partial charge in [-0.1, -0.05) is 0 Å². The normalized spacial score (nSPS) is 11.1. The van der Waals surface area contributed by atoms with Crippen LogP contribution in [-0.4, -0.2) is 29.8 Å². The molecule has 7 nitrogen and oxygen atoms in total. The molecule has 3 heterocycles. The van der Waals surface area contributed by atoms with Crippen LogP contribution in [0.4, 0.5) is 5.95 Å². The fourth-order valence-electron chi connectivity index (χ4n) is 1.70. The molecule has 0 radical (unpaired) electrons. The summed E-state index contributed by atoms with van der Waals surface area (Å²) in [5, 5.41) is 16.5. The zero-order chi connectivity index (χ0) is 11.8. The lowest BCUT2D eigenvalue weighted by molar-refractivity contribution is 0.282.